The second-order valence-electron chi connectivity index (χ2n) is 7.93. The lowest BCUT2D eigenvalue weighted by molar-refractivity contribution is -0.157. The van der Waals surface area contributed by atoms with Crippen molar-refractivity contribution in [2.45, 2.75) is 32.1 Å². The molecule has 33 heavy (non-hydrogen) atoms. The van der Waals surface area contributed by atoms with Crippen molar-refractivity contribution in [3.05, 3.63) is 81.2 Å². The number of nitrogens with zero attached hydrogens (tertiary/aromatic N) is 3. The molecule has 2 aromatic heterocycles. The van der Waals surface area contributed by atoms with Crippen LogP contribution in [0.3, 0.4) is 0 Å². The Kier molecular flexibility index (Phi) is 4.91. The lowest BCUT2D eigenvalue weighted by Crippen LogP contribution is -2.29. The van der Waals surface area contributed by atoms with E-state index in [-0.39, 0.29) is 41.6 Å². The van der Waals surface area contributed by atoms with Crippen LogP contribution in [0.4, 0.5) is 17.6 Å². The van der Waals surface area contributed by atoms with E-state index in [1.165, 1.54) is 17.1 Å². The van der Waals surface area contributed by atoms with Crippen molar-refractivity contribution in [3.63, 3.8) is 0 Å². The van der Waals surface area contributed by atoms with E-state index in [0.717, 1.165) is 0 Å². The third-order valence-electron chi connectivity index (χ3n) is 5.70. The number of nitrogens with one attached hydrogen (secondary N) is 1. The van der Waals surface area contributed by atoms with Gasteiger partial charge in [0.15, 0.2) is 0 Å². The van der Waals surface area contributed by atoms with Gasteiger partial charge in [-0.2, -0.15) is 18.3 Å². The number of halogens is 4. The molecule has 1 amide bonds. The highest BCUT2D eigenvalue weighted by Gasteiger charge is 2.41. The Labute approximate surface area is 183 Å². The Balaban J connectivity index is 1.36. The molecule has 11 heteroatoms. The van der Waals surface area contributed by atoms with Crippen molar-refractivity contribution >= 4 is 16.7 Å². The molecule has 1 aromatic carbocycles. The fraction of sp³-hybridized carbons (Fsp3) is 0.273. The summed E-state index contributed by atoms with van der Waals surface area (Å²) < 4.78 is 57.5. The summed E-state index contributed by atoms with van der Waals surface area (Å²) in [6.45, 7) is -0.423. The molecule has 2 aliphatic rings. The second kappa shape index (κ2) is 7.68. The van der Waals surface area contributed by atoms with Gasteiger partial charge in [0.2, 0.25) is 0 Å². The fourth-order valence-electron chi connectivity index (χ4n) is 4.11. The zero-order chi connectivity index (χ0) is 23.3. The van der Waals surface area contributed by atoms with Gasteiger partial charge in [-0.1, -0.05) is 24.3 Å². The van der Waals surface area contributed by atoms with Crippen LogP contribution in [-0.2, 0) is 30.5 Å². The third kappa shape index (κ3) is 3.83. The van der Waals surface area contributed by atoms with Crippen LogP contribution in [0.2, 0.25) is 0 Å². The molecule has 3 aromatic rings. The van der Waals surface area contributed by atoms with Gasteiger partial charge in [0.25, 0.3) is 11.5 Å². The van der Waals surface area contributed by atoms with Gasteiger partial charge in [0.05, 0.1) is 29.7 Å². The van der Waals surface area contributed by atoms with Crippen LogP contribution in [0.1, 0.15) is 29.5 Å². The number of benzene rings is 1. The lowest BCUT2D eigenvalue weighted by atomic mass is 9.90. The Morgan fingerprint density at radius 1 is 1.21 bits per heavy atom. The van der Waals surface area contributed by atoms with Crippen molar-refractivity contribution < 1.29 is 26.8 Å². The topological polar surface area (TPSA) is 92.1 Å². The number of carbonyl (C=O) groups is 1. The number of fused-ring (bicyclic) bond motifs is 2. The number of H-pyrrole nitrogens is 1. The van der Waals surface area contributed by atoms with Gasteiger partial charge in [0.1, 0.15) is 17.3 Å². The smallest absolute Gasteiger partial charge is 0.436 e. The largest absolute Gasteiger partial charge is 0.468 e. The summed E-state index contributed by atoms with van der Waals surface area (Å²) in [6.07, 6.45) is -1.22. The number of alkyl halides is 3. The first-order valence-corrected chi connectivity index (χ1v) is 10.1. The molecule has 1 N–H and O–H groups in total. The van der Waals surface area contributed by atoms with Crippen molar-refractivity contribution in [3.8, 4) is 0 Å². The Morgan fingerprint density at radius 3 is 2.70 bits per heavy atom. The van der Waals surface area contributed by atoms with E-state index in [1.807, 2.05) is 0 Å². The van der Waals surface area contributed by atoms with E-state index in [2.05, 4.69) is 15.2 Å². The van der Waals surface area contributed by atoms with Crippen LogP contribution in [0.5, 0.6) is 0 Å². The van der Waals surface area contributed by atoms with Gasteiger partial charge in [0, 0.05) is 5.39 Å². The highest BCUT2D eigenvalue weighted by atomic mass is 19.4. The van der Waals surface area contributed by atoms with Crippen LogP contribution in [-0.4, -0.2) is 26.0 Å². The number of aromatic nitrogens is 3. The van der Waals surface area contributed by atoms with Crippen molar-refractivity contribution in [1.82, 2.24) is 20.1 Å². The molecule has 0 bridgehead atoms. The Hall–Kier alpha value is -3.76. The lowest BCUT2D eigenvalue weighted by Gasteiger charge is -2.22. The minimum Gasteiger partial charge on any atom is -0.436 e. The maximum Gasteiger partial charge on any atom is 0.468 e. The number of aromatic amines is 1. The number of rotatable bonds is 3. The van der Waals surface area contributed by atoms with Gasteiger partial charge in [-0.15, -0.1) is 0 Å². The summed E-state index contributed by atoms with van der Waals surface area (Å²) in [5.74, 6) is -3.03. The van der Waals surface area contributed by atoms with Gasteiger partial charge < -0.3 is 9.32 Å². The highest BCUT2D eigenvalue weighted by molar-refractivity contribution is 5.97. The van der Waals surface area contributed by atoms with Gasteiger partial charge in [-0.3, -0.25) is 9.59 Å². The van der Waals surface area contributed by atoms with Gasteiger partial charge >= 0.3 is 12.1 Å². The molecule has 0 saturated carbocycles. The van der Waals surface area contributed by atoms with E-state index in [9.17, 15) is 27.2 Å². The third-order valence-corrected chi connectivity index (χ3v) is 5.70. The monoisotopic (exact) mass is 460 g/mol. The summed E-state index contributed by atoms with van der Waals surface area (Å²) in [4.78, 5) is 29.5. The van der Waals surface area contributed by atoms with E-state index in [1.54, 1.807) is 24.3 Å². The summed E-state index contributed by atoms with van der Waals surface area (Å²) in [5.41, 5.74) is 0.139. The fourth-order valence-corrected chi connectivity index (χ4v) is 4.11. The first-order chi connectivity index (χ1) is 15.7. The highest BCUT2D eigenvalue weighted by Crippen LogP contribution is 2.35. The normalized spacial score (nSPS) is 18.3. The molecule has 0 saturated heterocycles. The number of allylic oxidation sites excluding steroid dienone is 2. The summed E-state index contributed by atoms with van der Waals surface area (Å²) in [7, 11) is 0. The Morgan fingerprint density at radius 2 is 1.97 bits per heavy atom. The molecular formula is C22H16F4N4O3. The molecule has 1 unspecified atom stereocenters. The van der Waals surface area contributed by atoms with Crippen LogP contribution in [0.25, 0.3) is 10.8 Å². The average Bonchev–Trinajstić information content (AvgIpc) is 3.36. The zero-order valence-corrected chi connectivity index (χ0v) is 16.9. The summed E-state index contributed by atoms with van der Waals surface area (Å²) >= 11 is 0. The number of hydrogen-bond donors (Lipinski definition) is 1. The molecule has 3 heterocycles. The van der Waals surface area contributed by atoms with E-state index in [0.29, 0.717) is 29.3 Å². The molecule has 5 rings (SSSR count). The zero-order valence-electron chi connectivity index (χ0n) is 16.9. The number of carbonyl (C=O) groups excluding carboxylic acids is 1. The first kappa shape index (κ1) is 21.1. The van der Waals surface area contributed by atoms with E-state index < -0.39 is 23.8 Å². The van der Waals surface area contributed by atoms with Gasteiger partial charge in [-0.05, 0) is 30.9 Å². The molecule has 7 nitrogen and oxygen atoms in total. The van der Waals surface area contributed by atoms with Crippen molar-refractivity contribution in [2.75, 3.05) is 0 Å². The predicted octanol–water partition coefficient (Wildman–Crippen LogP) is 3.81. The molecule has 170 valence electrons. The maximum absolute atomic E-state index is 14.5. The number of hydrogen-bond acceptors (Lipinski definition) is 5. The number of amides is 1. The molecule has 1 aliphatic heterocycles. The Bertz CT molecular complexity index is 1360. The van der Waals surface area contributed by atoms with Crippen LogP contribution < -0.4 is 5.56 Å². The van der Waals surface area contributed by atoms with E-state index >= 15 is 0 Å². The minimum atomic E-state index is -4.72. The minimum absolute atomic E-state index is 0.0110. The quantitative estimate of drug-likeness (QED) is 0.600. The van der Waals surface area contributed by atoms with Crippen LogP contribution in [0, 0.1) is 5.92 Å². The summed E-state index contributed by atoms with van der Waals surface area (Å²) in [5, 5.41) is 7.74. The number of oxazole rings is 1. The molecular weight excluding hydrogens is 444 g/mol. The first-order valence-electron chi connectivity index (χ1n) is 10.1. The molecule has 0 radical (unpaired) electrons. The maximum atomic E-state index is 14.5. The average molecular weight is 460 g/mol. The standard InChI is InChI=1S/C22H16F4N4O3/c23-15-6-5-11(8-16-12-3-1-2-4-13(12)19(31)29-28-16)7-14(15)20(32)30-9-17-18(10-30)33-21(27-17)22(24,25)26/h1-4,6-7,11H,5,8-10H2,(H,29,31). The van der Waals surface area contributed by atoms with E-state index in [4.69, 9.17) is 4.42 Å². The molecule has 0 spiro atoms. The van der Waals surface area contributed by atoms with Crippen LogP contribution >= 0.6 is 0 Å². The molecule has 0 fully saturated rings. The molecule has 1 atom stereocenters. The van der Waals surface area contributed by atoms with Crippen LogP contribution in [0.15, 0.2) is 57.0 Å². The van der Waals surface area contributed by atoms with Crippen molar-refractivity contribution in [1.29, 1.82) is 0 Å². The van der Waals surface area contributed by atoms with Crippen molar-refractivity contribution in [2.24, 2.45) is 5.92 Å². The van der Waals surface area contributed by atoms with Gasteiger partial charge in [-0.25, -0.2) is 14.5 Å². The SMILES string of the molecule is O=C(C1=CC(Cc2n[nH]c(=O)c3ccccc23)CC=C1F)N1Cc2nc(C(F)(F)F)oc2C1. The second-order valence-corrected chi connectivity index (χ2v) is 7.93. The summed E-state index contributed by atoms with van der Waals surface area (Å²) in [6, 6.07) is 6.98. The predicted molar refractivity (Wildman–Crippen MR) is 107 cm³/mol. The molecule has 1 aliphatic carbocycles.